The highest BCUT2D eigenvalue weighted by atomic mass is 15.5. The van der Waals surface area contributed by atoms with Crippen LogP contribution < -0.4 is 5.32 Å². The molecule has 1 rings (SSSR count). The number of nitrogens with one attached hydrogen (secondary N) is 1. The molecule has 5 nitrogen and oxygen atoms in total. The molecule has 1 atom stereocenters. The number of rotatable bonds is 4. The maximum Gasteiger partial charge on any atom is 0.155 e. The van der Waals surface area contributed by atoms with E-state index in [1.54, 1.807) is 4.68 Å². The molecule has 0 aromatic carbocycles. The molecule has 0 amide bonds. The van der Waals surface area contributed by atoms with Crippen molar-refractivity contribution in [1.29, 1.82) is 0 Å². The van der Waals surface area contributed by atoms with Gasteiger partial charge < -0.3 is 5.32 Å². The Morgan fingerprint density at radius 1 is 1.58 bits per heavy atom. The first-order valence-electron chi connectivity index (χ1n) is 4.16. The second-order valence-corrected chi connectivity index (χ2v) is 2.82. The van der Waals surface area contributed by atoms with Crippen LogP contribution in [0.5, 0.6) is 0 Å². The van der Waals surface area contributed by atoms with Crippen LogP contribution in [0, 0.1) is 0 Å². The number of aryl methyl sites for hydroxylation is 1. The van der Waals surface area contributed by atoms with Gasteiger partial charge in [-0.2, -0.15) is 0 Å². The minimum absolute atomic E-state index is 0.412. The van der Waals surface area contributed by atoms with Crippen LogP contribution in [-0.4, -0.2) is 33.8 Å². The fourth-order valence-electron chi connectivity index (χ4n) is 1.25. The third kappa shape index (κ3) is 1.79. The summed E-state index contributed by atoms with van der Waals surface area (Å²) in [5, 5.41) is 14.5. The van der Waals surface area contributed by atoms with Crippen molar-refractivity contribution in [3.63, 3.8) is 0 Å². The smallest absolute Gasteiger partial charge is 0.155 e. The molecule has 0 saturated carbocycles. The van der Waals surface area contributed by atoms with Gasteiger partial charge in [0.15, 0.2) is 5.82 Å². The Morgan fingerprint density at radius 3 is 2.75 bits per heavy atom. The molecule has 1 heterocycles. The molecule has 0 spiro atoms. The first-order chi connectivity index (χ1) is 5.79. The van der Waals surface area contributed by atoms with Gasteiger partial charge in [0.05, 0.1) is 0 Å². The topological polar surface area (TPSA) is 55.6 Å². The van der Waals surface area contributed by atoms with E-state index < -0.39 is 0 Å². The molecule has 0 bridgehead atoms. The summed E-state index contributed by atoms with van der Waals surface area (Å²) >= 11 is 0. The van der Waals surface area contributed by atoms with E-state index in [9.17, 15) is 0 Å². The van der Waals surface area contributed by atoms with Gasteiger partial charge in [0.1, 0.15) is 0 Å². The minimum Gasteiger partial charge on any atom is -0.319 e. The van der Waals surface area contributed by atoms with Crippen molar-refractivity contribution in [2.24, 2.45) is 7.05 Å². The predicted molar refractivity (Wildman–Crippen MR) is 45.8 cm³/mol. The molecule has 0 saturated heterocycles. The zero-order chi connectivity index (χ0) is 8.97. The Morgan fingerprint density at radius 2 is 2.33 bits per heavy atom. The van der Waals surface area contributed by atoms with Crippen LogP contribution in [0.3, 0.4) is 0 Å². The average Bonchev–Trinajstić information content (AvgIpc) is 2.47. The fourth-order valence-corrected chi connectivity index (χ4v) is 1.25. The highest BCUT2D eigenvalue weighted by molar-refractivity contribution is 4.93. The lowest BCUT2D eigenvalue weighted by Crippen LogP contribution is -2.19. The van der Waals surface area contributed by atoms with E-state index in [1.165, 1.54) is 0 Å². The van der Waals surface area contributed by atoms with Gasteiger partial charge in [-0.05, 0) is 23.9 Å². The highest BCUT2D eigenvalue weighted by Crippen LogP contribution is 2.13. The Bertz CT molecular complexity index is 231. The Balaban J connectivity index is 2.72. The minimum atomic E-state index is 0.412. The number of hydrogen-bond acceptors (Lipinski definition) is 4. The average molecular weight is 169 g/mol. The van der Waals surface area contributed by atoms with Gasteiger partial charge in [-0.1, -0.05) is 6.92 Å². The van der Waals surface area contributed by atoms with Crippen LogP contribution in [0.25, 0.3) is 0 Å². The zero-order valence-electron chi connectivity index (χ0n) is 7.78. The maximum absolute atomic E-state index is 3.97. The summed E-state index contributed by atoms with van der Waals surface area (Å²) in [4.78, 5) is 0. The first-order valence-corrected chi connectivity index (χ1v) is 4.16. The van der Waals surface area contributed by atoms with E-state index in [0.29, 0.717) is 5.92 Å². The summed E-state index contributed by atoms with van der Waals surface area (Å²) in [5.74, 6) is 1.36. The summed E-state index contributed by atoms with van der Waals surface area (Å²) in [6.07, 6.45) is 1.05. The lowest BCUT2D eigenvalue weighted by Gasteiger charge is -2.11. The Kier molecular flexibility index (Phi) is 3.16. The van der Waals surface area contributed by atoms with Crippen LogP contribution in [0.1, 0.15) is 25.1 Å². The first kappa shape index (κ1) is 9.12. The van der Waals surface area contributed by atoms with Crippen molar-refractivity contribution < 1.29 is 0 Å². The molecule has 5 heteroatoms. The summed E-state index contributed by atoms with van der Waals surface area (Å²) in [7, 11) is 3.81. The number of nitrogens with zero attached hydrogens (tertiary/aromatic N) is 4. The van der Waals surface area contributed by atoms with Crippen LogP contribution in [-0.2, 0) is 7.05 Å². The largest absolute Gasteiger partial charge is 0.319 e. The monoisotopic (exact) mass is 169 g/mol. The molecule has 1 N–H and O–H groups in total. The number of tetrazole rings is 1. The van der Waals surface area contributed by atoms with Gasteiger partial charge in [0.2, 0.25) is 0 Å². The van der Waals surface area contributed by atoms with Crippen LogP contribution in [0.15, 0.2) is 0 Å². The SMILES string of the molecule is CCC(CNC)c1nnnn1C. The lowest BCUT2D eigenvalue weighted by atomic mass is 10.1. The molecule has 0 radical (unpaired) electrons. The van der Waals surface area contributed by atoms with Gasteiger partial charge >= 0.3 is 0 Å². The molecule has 12 heavy (non-hydrogen) atoms. The predicted octanol–water partition coefficient (Wildman–Crippen LogP) is -0.0769. The van der Waals surface area contributed by atoms with Crippen molar-refractivity contribution in [2.45, 2.75) is 19.3 Å². The third-order valence-electron chi connectivity index (χ3n) is 1.96. The molecule has 68 valence electrons. The number of hydrogen-bond donors (Lipinski definition) is 1. The zero-order valence-corrected chi connectivity index (χ0v) is 7.78. The molecule has 0 aliphatic heterocycles. The summed E-state index contributed by atoms with van der Waals surface area (Å²) in [5.41, 5.74) is 0. The van der Waals surface area contributed by atoms with Crippen molar-refractivity contribution in [2.75, 3.05) is 13.6 Å². The molecule has 0 aliphatic rings. The molecular weight excluding hydrogens is 154 g/mol. The maximum atomic E-state index is 3.97. The van der Waals surface area contributed by atoms with Crippen molar-refractivity contribution in [3.8, 4) is 0 Å². The van der Waals surface area contributed by atoms with Crippen molar-refractivity contribution in [1.82, 2.24) is 25.5 Å². The van der Waals surface area contributed by atoms with E-state index in [0.717, 1.165) is 18.8 Å². The Hall–Kier alpha value is -0.970. The van der Waals surface area contributed by atoms with E-state index in [4.69, 9.17) is 0 Å². The van der Waals surface area contributed by atoms with E-state index in [2.05, 4.69) is 27.8 Å². The van der Waals surface area contributed by atoms with Gasteiger partial charge in [0.25, 0.3) is 0 Å². The second-order valence-electron chi connectivity index (χ2n) is 2.82. The fraction of sp³-hybridized carbons (Fsp3) is 0.857. The van der Waals surface area contributed by atoms with Crippen molar-refractivity contribution >= 4 is 0 Å². The lowest BCUT2D eigenvalue weighted by molar-refractivity contribution is 0.545. The standard InChI is InChI=1S/C7H15N5/c1-4-6(5-8-2)7-9-10-11-12(7)3/h6,8H,4-5H2,1-3H3. The molecule has 1 aromatic heterocycles. The number of aromatic nitrogens is 4. The van der Waals surface area contributed by atoms with E-state index >= 15 is 0 Å². The van der Waals surface area contributed by atoms with Crippen LogP contribution in [0.4, 0.5) is 0 Å². The third-order valence-corrected chi connectivity index (χ3v) is 1.96. The number of likely N-dealkylation sites (N-methyl/N-ethyl adjacent to an activating group) is 1. The summed E-state index contributed by atoms with van der Waals surface area (Å²) in [6, 6.07) is 0. The summed E-state index contributed by atoms with van der Waals surface area (Å²) < 4.78 is 1.73. The van der Waals surface area contributed by atoms with Crippen molar-refractivity contribution in [3.05, 3.63) is 5.82 Å². The van der Waals surface area contributed by atoms with Gasteiger partial charge in [-0.15, -0.1) is 5.10 Å². The summed E-state index contributed by atoms with van der Waals surface area (Å²) in [6.45, 7) is 3.06. The Labute approximate surface area is 72.2 Å². The molecular formula is C7H15N5. The van der Waals surface area contributed by atoms with E-state index in [-0.39, 0.29) is 0 Å². The quantitative estimate of drug-likeness (QED) is 0.685. The van der Waals surface area contributed by atoms with E-state index in [1.807, 2.05) is 14.1 Å². The van der Waals surface area contributed by atoms with Gasteiger partial charge in [-0.3, -0.25) is 0 Å². The van der Waals surface area contributed by atoms with Gasteiger partial charge in [-0.25, -0.2) is 4.68 Å². The molecule has 0 fully saturated rings. The molecule has 1 unspecified atom stereocenters. The molecule has 0 aliphatic carbocycles. The highest BCUT2D eigenvalue weighted by Gasteiger charge is 2.14. The van der Waals surface area contributed by atoms with Crippen LogP contribution in [0.2, 0.25) is 0 Å². The molecule has 1 aromatic rings. The second kappa shape index (κ2) is 4.15. The van der Waals surface area contributed by atoms with Gasteiger partial charge in [0, 0.05) is 19.5 Å². The normalized spacial score (nSPS) is 13.2. The van der Waals surface area contributed by atoms with Crippen LogP contribution >= 0.6 is 0 Å².